The number of carbonyl (C=O) groups is 1. The summed E-state index contributed by atoms with van der Waals surface area (Å²) in [5.41, 5.74) is 4.09. The van der Waals surface area contributed by atoms with Crippen molar-refractivity contribution in [3.63, 3.8) is 0 Å². The molecular formula is C26H19Cl2N5O5S. The van der Waals surface area contributed by atoms with Gasteiger partial charge in [0.25, 0.3) is 0 Å². The fraction of sp³-hybridized carbons (Fsp3) is 0.192. The molecular weight excluding hydrogens is 565 g/mol. The molecule has 39 heavy (non-hydrogen) atoms. The molecule has 13 heteroatoms. The minimum absolute atomic E-state index is 0.00218. The number of thiazole rings is 1. The molecule has 0 aliphatic carbocycles. The smallest absolute Gasteiger partial charge is 0.411 e. The van der Waals surface area contributed by atoms with Crippen molar-refractivity contribution < 1.29 is 24.1 Å². The number of anilines is 1. The van der Waals surface area contributed by atoms with Gasteiger partial charge in [-0.15, -0.1) is 11.3 Å². The Balaban J connectivity index is 1.35. The van der Waals surface area contributed by atoms with Crippen LogP contribution in [0.4, 0.5) is 10.5 Å². The molecule has 0 radical (unpaired) electrons. The summed E-state index contributed by atoms with van der Waals surface area (Å²) in [5, 5.41) is 11.2. The van der Waals surface area contributed by atoms with Gasteiger partial charge in [-0.25, -0.2) is 19.7 Å². The summed E-state index contributed by atoms with van der Waals surface area (Å²) in [6.07, 6.45) is 2.66. The van der Waals surface area contributed by atoms with Crippen molar-refractivity contribution in [1.29, 1.82) is 0 Å². The zero-order chi connectivity index (χ0) is 27.3. The van der Waals surface area contributed by atoms with Crippen LogP contribution >= 0.6 is 34.5 Å². The summed E-state index contributed by atoms with van der Waals surface area (Å²) < 4.78 is 18.2. The van der Waals surface area contributed by atoms with E-state index in [0.29, 0.717) is 54.7 Å². The van der Waals surface area contributed by atoms with Crippen LogP contribution in [-0.2, 0) is 0 Å². The number of benzene rings is 2. The minimum atomic E-state index is -1.17. The Labute approximate surface area is 235 Å². The van der Waals surface area contributed by atoms with Gasteiger partial charge in [0.05, 0.1) is 52.8 Å². The molecule has 3 aromatic heterocycles. The summed E-state index contributed by atoms with van der Waals surface area (Å²) in [6.45, 7) is 2.09. The number of halogens is 2. The average molecular weight is 584 g/mol. The first-order valence-corrected chi connectivity index (χ1v) is 13.2. The van der Waals surface area contributed by atoms with E-state index in [9.17, 15) is 9.90 Å². The molecule has 10 nitrogen and oxygen atoms in total. The van der Waals surface area contributed by atoms with Crippen molar-refractivity contribution in [3.05, 3.63) is 58.5 Å². The molecule has 2 aromatic carbocycles. The van der Waals surface area contributed by atoms with Crippen molar-refractivity contribution in [2.75, 3.05) is 25.2 Å². The van der Waals surface area contributed by atoms with Crippen molar-refractivity contribution in [3.8, 4) is 28.0 Å². The SMILES string of the molecule is COc1cnc2c(-c3nc4c(Cl)cc5c(c4s3)OC[C@@H](CN(C(=O)O)c3cncc(Cl)c3)O5)cc(C)cc2n1. The fourth-order valence-electron chi connectivity index (χ4n) is 4.37. The van der Waals surface area contributed by atoms with Crippen LogP contribution in [0.1, 0.15) is 5.56 Å². The van der Waals surface area contributed by atoms with Crippen molar-refractivity contribution >= 4 is 67.6 Å². The monoisotopic (exact) mass is 583 g/mol. The van der Waals surface area contributed by atoms with Gasteiger partial charge < -0.3 is 19.3 Å². The van der Waals surface area contributed by atoms with E-state index in [0.717, 1.165) is 20.7 Å². The normalized spacial score (nSPS) is 14.5. The van der Waals surface area contributed by atoms with Gasteiger partial charge in [-0.2, -0.15) is 0 Å². The number of carboxylic acid groups (broad SMARTS) is 1. The maximum absolute atomic E-state index is 12.0. The number of aromatic nitrogens is 4. The van der Waals surface area contributed by atoms with E-state index >= 15 is 0 Å². The summed E-state index contributed by atoms with van der Waals surface area (Å²) in [6, 6.07) is 7.10. The number of fused-ring (bicyclic) bond motifs is 4. The van der Waals surface area contributed by atoms with Gasteiger partial charge in [0.1, 0.15) is 21.8 Å². The third kappa shape index (κ3) is 4.73. The van der Waals surface area contributed by atoms with Crippen LogP contribution in [0, 0.1) is 6.92 Å². The second-order valence-electron chi connectivity index (χ2n) is 8.78. The predicted molar refractivity (Wildman–Crippen MR) is 149 cm³/mol. The lowest BCUT2D eigenvalue weighted by Gasteiger charge is -2.30. The lowest BCUT2D eigenvalue weighted by molar-refractivity contribution is 0.0962. The van der Waals surface area contributed by atoms with Gasteiger partial charge in [0.2, 0.25) is 5.88 Å². The van der Waals surface area contributed by atoms with Crippen LogP contribution in [0.2, 0.25) is 10.0 Å². The molecule has 6 rings (SSSR count). The number of pyridine rings is 1. The zero-order valence-corrected chi connectivity index (χ0v) is 22.8. The van der Waals surface area contributed by atoms with Gasteiger partial charge >= 0.3 is 6.09 Å². The van der Waals surface area contributed by atoms with Gasteiger partial charge in [-0.1, -0.05) is 23.2 Å². The highest BCUT2D eigenvalue weighted by Gasteiger charge is 2.30. The van der Waals surface area contributed by atoms with Crippen LogP contribution in [0.3, 0.4) is 0 Å². The number of hydrogen-bond donors (Lipinski definition) is 1. The van der Waals surface area contributed by atoms with E-state index in [1.807, 2.05) is 19.1 Å². The number of ether oxygens (including phenoxy) is 3. The molecule has 1 aliphatic heterocycles. The summed E-state index contributed by atoms with van der Waals surface area (Å²) in [4.78, 5) is 30.9. The lowest BCUT2D eigenvalue weighted by Crippen LogP contribution is -2.43. The number of nitrogens with zero attached hydrogens (tertiary/aromatic N) is 5. The van der Waals surface area contributed by atoms with E-state index in [1.165, 1.54) is 29.8 Å². The molecule has 0 unspecified atom stereocenters. The first-order valence-electron chi connectivity index (χ1n) is 11.7. The molecule has 0 fully saturated rings. The second-order valence-corrected chi connectivity index (χ2v) is 10.6. The fourth-order valence-corrected chi connectivity index (χ4v) is 5.93. The number of methoxy groups -OCH3 is 1. The number of rotatable bonds is 5. The maximum atomic E-state index is 12.0. The lowest BCUT2D eigenvalue weighted by atomic mass is 10.1. The largest absolute Gasteiger partial charge is 0.484 e. The summed E-state index contributed by atoms with van der Waals surface area (Å²) in [5.74, 6) is 1.34. The molecule has 0 spiro atoms. The van der Waals surface area contributed by atoms with Crippen LogP contribution in [-0.4, -0.2) is 57.5 Å². The van der Waals surface area contributed by atoms with Gasteiger partial charge in [-0.05, 0) is 30.7 Å². The molecule has 1 amide bonds. The third-order valence-electron chi connectivity index (χ3n) is 6.08. The highest BCUT2D eigenvalue weighted by atomic mass is 35.5. The number of amides is 1. The van der Waals surface area contributed by atoms with E-state index < -0.39 is 12.2 Å². The summed E-state index contributed by atoms with van der Waals surface area (Å²) >= 11 is 14.0. The zero-order valence-electron chi connectivity index (χ0n) is 20.5. The molecule has 1 N–H and O–H groups in total. The molecule has 0 bridgehead atoms. The average Bonchev–Trinajstić information content (AvgIpc) is 3.37. The van der Waals surface area contributed by atoms with Crippen LogP contribution in [0.25, 0.3) is 31.8 Å². The predicted octanol–water partition coefficient (Wildman–Crippen LogP) is 6.25. The van der Waals surface area contributed by atoms with Crippen LogP contribution in [0.15, 0.2) is 42.9 Å². The molecule has 0 saturated heterocycles. The Hall–Kier alpha value is -3.93. The van der Waals surface area contributed by atoms with E-state index in [-0.39, 0.29) is 13.2 Å². The van der Waals surface area contributed by atoms with Gasteiger partial charge in [0.15, 0.2) is 17.6 Å². The van der Waals surface area contributed by atoms with E-state index in [4.69, 9.17) is 42.4 Å². The molecule has 1 aliphatic rings. The quantitative estimate of drug-likeness (QED) is 0.256. The van der Waals surface area contributed by atoms with Crippen molar-refractivity contribution in [2.45, 2.75) is 13.0 Å². The topological polar surface area (TPSA) is 120 Å². The molecule has 4 heterocycles. The van der Waals surface area contributed by atoms with Crippen molar-refractivity contribution in [1.82, 2.24) is 19.9 Å². The van der Waals surface area contributed by atoms with E-state index in [1.54, 1.807) is 19.4 Å². The Morgan fingerprint density at radius 2 is 2.03 bits per heavy atom. The first kappa shape index (κ1) is 25.4. The molecule has 198 valence electrons. The Morgan fingerprint density at radius 3 is 2.79 bits per heavy atom. The summed E-state index contributed by atoms with van der Waals surface area (Å²) in [7, 11) is 1.55. The van der Waals surface area contributed by atoms with Crippen molar-refractivity contribution in [2.24, 2.45) is 0 Å². The number of hydrogen-bond acceptors (Lipinski definition) is 9. The standard InChI is InChI=1S/C26H19Cl2N5O5S/c1-12-3-16(21-18(4-12)31-20(36-2)9-30-21)25-32-22-17(28)6-19-23(24(22)39-25)37-11-15(38-19)10-33(26(34)35)14-5-13(27)7-29-8-14/h3-9,15H,10-11H2,1-2H3,(H,34,35)/t15-/m1/s1. The van der Waals surface area contributed by atoms with Crippen LogP contribution in [0.5, 0.6) is 17.4 Å². The van der Waals surface area contributed by atoms with Crippen LogP contribution < -0.4 is 19.1 Å². The maximum Gasteiger partial charge on any atom is 0.411 e. The second kappa shape index (κ2) is 9.99. The molecule has 1 atom stereocenters. The Bertz CT molecular complexity index is 1760. The highest BCUT2D eigenvalue weighted by Crippen LogP contribution is 2.47. The number of aryl methyl sites for hydroxylation is 1. The molecule has 0 saturated carbocycles. The minimum Gasteiger partial charge on any atom is -0.484 e. The first-order chi connectivity index (χ1) is 18.8. The van der Waals surface area contributed by atoms with Gasteiger partial charge in [-0.3, -0.25) is 9.88 Å². The third-order valence-corrected chi connectivity index (χ3v) is 7.66. The Kier molecular flexibility index (Phi) is 6.49. The Morgan fingerprint density at radius 1 is 1.18 bits per heavy atom. The van der Waals surface area contributed by atoms with E-state index in [2.05, 4.69) is 15.0 Å². The van der Waals surface area contributed by atoms with Gasteiger partial charge in [0, 0.05) is 17.8 Å². The molecule has 5 aromatic rings. The highest BCUT2D eigenvalue weighted by molar-refractivity contribution is 7.22.